The molecule has 0 spiro atoms. The fraction of sp³-hybridized carbons (Fsp3) is 0.524. The maximum absolute atomic E-state index is 14.1. The lowest BCUT2D eigenvalue weighted by Crippen LogP contribution is -2.38. The molecule has 158 valence electrons. The number of esters is 1. The lowest BCUT2D eigenvalue weighted by Gasteiger charge is -2.26. The third kappa shape index (κ3) is 5.77. The van der Waals surface area contributed by atoms with Crippen LogP contribution in [0.15, 0.2) is 30.9 Å². The number of hydrogen-bond donors (Lipinski definition) is 0. The lowest BCUT2D eigenvalue weighted by molar-refractivity contribution is 0.0179. The van der Waals surface area contributed by atoms with Gasteiger partial charge in [0, 0.05) is 19.6 Å². The molecule has 7 nitrogen and oxygen atoms in total. The van der Waals surface area contributed by atoms with Crippen LogP contribution in [0.5, 0.6) is 5.75 Å². The Morgan fingerprint density at radius 3 is 2.66 bits per heavy atom. The number of carbonyl (C=O) groups is 2. The average Bonchev–Trinajstić information content (AvgIpc) is 3.19. The van der Waals surface area contributed by atoms with Crippen LogP contribution in [0.1, 0.15) is 36.0 Å². The summed E-state index contributed by atoms with van der Waals surface area (Å²) in [5.41, 5.74) is -0.681. The quantitative estimate of drug-likeness (QED) is 0.390. The van der Waals surface area contributed by atoms with Gasteiger partial charge in [0.15, 0.2) is 11.6 Å². The first-order chi connectivity index (χ1) is 14.0. The lowest BCUT2D eigenvalue weighted by atomic mass is 10.0. The largest absolute Gasteiger partial charge is 0.514 e. The molecular weight excluding hydrogens is 381 g/mol. The molecule has 1 aromatic carbocycles. The van der Waals surface area contributed by atoms with E-state index < -0.39 is 23.5 Å². The summed E-state index contributed by atoms with van der Waals surface area (Å²) >= 11 is 0. The Bertz CT molecular complexity index is 741. The van der Waals surface area contributed by atoms with Crippen molar-refractivity contribution in [2.45, 2.75) is 31.3 Å². The molecule has 1 heterocycles. The minimum atomic E-state index is -1.02. The highest BCUT2D eigenvalue weighted by Gasteiger charge is 2.35. The van der Waals surface area contributed by atoms with Crippen molar-refractivity contribution in [1.82, 2.24) is 4.90 Å². The van der Waals surface area contributed by atoms with Crippen LogP contribution in [0.2, 0.25) is 0 Å². The highest BCUT2D eigenvalue weighted by Crippen LogP contribution is 2.34. The fourth-order valence-electron chi connectivity index (χ4n) is 3.48. The standard InChI is InChI=1S/C21H26FNO6/c1-2-21(7-3-4-8-21)29-20(25)28-18-15-16(5-6-17(18)22)19(24)27-14-11-23-9-12-26-13-10-23/h2,5-6,15H,1,3-4,7-14H2. The summed E-state index contributed by atoms with van der Waals surface area (Å²) in [5, 5.41) is 0. The predicted molar refractivity (Wildman–Crippen MR) is 102 cm³/mol. The summed E-state index contributed by atoms with van der Waals surface area (Å²) in [5.74, 6) is -1.77. The van der Waals surface area contributed by atoms with Gasteiger partial charge in [0.1, 0.15) is 12.2 Å². The molecule has 0 unspecified atom stereocenters. The van der Waals surface area contributed by atoms with Crippen LogP contribution in [0, 0.1) is 5.82 Å². The van der Waals surface area contributed by atoms with Crippen molar-refractivity contribution >= 4 is 12.1 Å². The zero-order valence-electron chi connectivity index (χ0n) is 16.4. The van der Waals surface area contributed by atoms with Gasteiger partial charge in [-0.3, -0.25) is 4.90 Å². The first-order valence-electron chi connectivity index (χ1n) is 9.82. The van der Waals surface area contributed by atoms with Crippen LogP contribution in [0.25, 0.3) is 0 Å². The maximum atomic E-state index is 14.1. The Kier molecular flexibility index (Phi) is 7.22. The number of rotatable bonds is 7. The summed E-state index contributed by atoms with van der Waals surface area (Å²) < 4.78 is 34.9. The van der Waals surface area contributed by atoms with Crippen molar-refractivity contribution in [3.63, 3.8) is 0 Å². The van der Waals surface area contributed by atoms with E-state index in [1.807, 2.05) is 0 Å². The Morgan fingerprint density at radius 1 is 1.24 bits per heavy atom. The predicted octanol–water partition coefficient (Wildman–Crippen LogP) is 3.33. The van der Waals surface area contributed by atoms with Crippen LogP contribution in [0.4, 0.5) is 9.18 Å². The van der Waals surface area contributed by atoms with Gasteiger partial charge >= 0.3 is 12.1 Å². The average molecular weight is 407 g/mol. The van der Waals surface area contributed by atoms with Gasteiger partial charge in [-0.05, 0) is 50.0 Å². The fourth-order valence-corrected chi connectivity index (χ4v) is 3.48. The summed E-state index contributed by atoms with van der Waals surface area (Å²) in [6, 6.07) is 3.48. The Hall–Kier alpha value is -2.45. The van der Waals surface area contributed by atoms with Crippen LogP contribution in [0.3, 0.4) is 0 Å². The minimum absolute atomic E-state index is 0.0930. The minimum Gasteiger partial charge on any atom is -0.461 e. The van der Waals surface area contributed by atoms with Crippen LogP contribution < -0.4 is 4.74 Å². The van der Waals surface area contributed by atoms with E-state index in [4.69, 9.17) is 18.9 Å². The van der Waals surface area contributed by atoms with Gasteiger partial charge < -0.3 is 18.9 Å². The van der Waals surface area contributed by atoms with E-state index in [0.717, 1.165) is 38.1 Å². The van der Waals surface area contributed by atoms with Crippen LogP contribution in [-0.2, 0) is 14.2 Å². The summed E-state index contributed by atoms with van der Waals surface area (Å²) in [4.78, 5) is 26.5. The zero-order chi connectivity index (χ0) is 20.7. The Morgan fingerprint density at radius 2 is 1.97 bits per heavy atom. The number of ether oxygens (including phenoxy) is 4. The summed E-state index contributed by atoms with van der Waals surface area (Å²) in [6.07, 6.45) is 3.70. The van der Waals surface area contributed by atoms with E-state index in [-0.39, 0.29) is 17.9 Å². The molecule has 0 N–H and O–H groups in total. The van der Waals surface area contributed by atoms with Gasteiger partial charge in [0.05, 0.1) is 18.8 Å². The van der Waals surface area contributed by atoms with Crippen molar-refractivity contribution < 1.29 is 32.9 Å². The Balaban J connectivity index is 1.54. The molecule has 1 aromatic rings. The molecule has 0 radical (unpaired) electrons. The van der Waals surface area contributed by atoms with Gasteiger partial charge in [-0.15, -0.1) is 0 Å². The van der Waals surface area contributed by atoms with E-state index >= 15 is 0 Å². The number of benzene rings is 1. The highest BCUT2D eigenvalue weighted by atomic mass is 19.1. The van der Waals surface area contributed by atoms with E-state index in [0.29, 0.717) is 32.6 Å². The van der Waals surface area contributed by atoms with E-state index in [1.165, 1.54) is 6.07 Å². The second kappa shape index (κ2) is 9.84. The van der Waals surface area contributed by atoms with Crippen molar-refractivity contribution in [2.75, 3.05) is 39.5 Å². The van der Waals surface area contributed by atoms with Gasteiger partial charge in [-0.1, -0.05) is 6.58 Å². The van der Waals surface area contributed by atoms with Crippen molar-refractivity contribution in [3.8, 4) is 5.75 Å². The normalized spacial score (nSPS) is 18.8. The molecular formula is C21H26FNO6. The van der Waals surface area contributed by atoms with Gasteiger partial charge in [0.25, 0.3) is 0 Å². The first kappa shape index (κ1) is 21.3. The summed E-state index contributed by atoms with van der Waals surface area (Å²) in [6.45, 7) is 7.42. The number of carbonyl (C=O) groups excluding carboxylic acids is 2. The molecule has 3 rings (SSSR count). The first-order valence-corrected chi connectivity index (χ1v) is 9.82. The van der Waals surface area contributed by atoms with E-state index in [2.05, 4.69) is 11.5 Å². The molecule has 8 heteroatoms. The van der Waals surface area contributed by atoms with Crippen molar-refractivity contribution in [3.05, 3.63) is 42.2 Å². The molecule has 0 amide bonds. The number of hydrogen-bond acceptors (Lipinski definition) is 7. The topological polar surface area (TPSA) is 74.3 Å². The van der Waals surface area contributed by atoms with E-state index in [9.17, 15) is 14.0 Å². The molecule has 0 aromatic heterocycles. The molecule has 1 saturated carbocycles. The molecule has 1 saturated heterocycles. The number of halogens is 1. The molecule has 1 aliphatic carbocycles. The smallest absolute Gasteiger partial charge is 0.461 e. The molecule has 29 heavy (non-hydrogen) atoms. The SMILES string of the molecule is C=CC1(OC(=O)Oc2cc(C(=O)OCCN3CCOCC3)ccc2F)CCCC1. The summed E-state index contributed by atoms with van der Waals surface area (Å²) in [7, 11) is 0. The third-order valence-electron chi connectivity index (χ3n) is 5.21. The maximum Gasteiger partial charge on any atom is 0.514 e. The monoisotopic (exact) mass is 407 g/mol. The second-order valence-corrected chi connectivity index (χ2v) is 7.17. The van der Waals surface area contributed by atoms with E-state index in [1.54, 1.807) is 6.08 Å². The number of morpholine rings is 1. The molecule has 0 bridgehead atoms. The van der Waals surface area contributed by atoms with Crippen molar-refractivity contribution in [1.29, 1.82) is 0 Å². The second-order valence-electron chi connectivity index (χ2n) is 7.17. The van der Waals surface area contributed by atoms with Crippen molar-refractivity contribution in [2.24, 2.45) is 0 Å². The molecule has 2 aliphatic rings. The molecule has 0 atom stereocenters. The van der Waals surface area contributed by atoms with Gasteiger partial charge in [-0.2, -0.15) is 0 Å². The number of nitrogens with zero attached hydrogens (tertiary/aromatic N) is 1. The van der Waals surface area contributed by atoms with Gasteiger partial charge in [-0.25, -0.2) is 14.0 Å². The molecule has 1 aliphatic heterocycles. The van der Waals surface area contributed by atoms with Crippen LogP contribution in [-0.4, -0.2) is 62.1 Å². The van der Waals surface area contributed by atoms with Crippen LogP contribution >= 0.6 is 0 Å². The highest BCUT2D eigenvalue weighted by molar-refractivity contribution is 5.90. The third-order valence-corrected chi connectivity index (χ3v) is 5.21. The zero-order valence-corrected chi connectivity index (χ0v) is 16.4. The molecule has 2 fully saturated rings. The van der Waals surface area contributed by atoms with Gasteiger partial charge in [0.2, 0.25) is 0 Å². The Labute approximate surface area is 169 Å².